The number of carbonyl (C=O) groups is 1. The van der Waals surface area contributed by atoms with Gasteiger partial charge in [-0.1, -0.05) is 0 Å². The maximum atomic E-state index is 12.2. The van der Waals surface area contributed by atoms with Crippen LogP contribution in [0.15, 0.2) is 12.3 Å². The summed E-state index contributed by atoms with van der Waals surface area (Å²) in [5.74, 6) is -0.0680. The van der Waals surface area contributed by atoms with Gasteiger partial charge in [-0.15, -0.1) is 0 Å². The Kier molecular flexibility index (Phi) is 3.88. The highest BCUT2D eigenvalue weighted by Gasteiger charge is 2.29. The summed E-state index contributed by atoms with van der Waals surface area (Å²) in [5.41, 5.74) is -0.723. The first-order valence-corrected chi connectivity index (χ1v) is 5.15. The number of hydrogen-bond donors (Lipinski definition) is 1. The second kappa shape index (κ2) is 4.87. The van der Waals surface area contributed by atoms with E-state index < -0.39 is 24.4 Å². The smallest absolute Gasteiger partial charge is 0.413 e. The van der Waals surface area contributed by atoms with E-state index in [0.29, 0.717) is 4.68 Å². The molecule has 0 unspecified atom stereocenters. The first-order valence-electron chi connectivity index (χ1n) is 5.15. The minimum Gasteiger partial charge on any atom is -0.444 e. The first kappa shape index (κ1) is 14.3. The van der Waals surface area contributed by atoms with Crippen LogP contribution in [0.4, 0.5) is 23.8 Å². The van der Waals surface area contributed by atoms with E-state index in [2.05, 4.69) is 10.4 Å². The van der Waals surface area contributed by atoms with E-state index in [1.54, 1.807) is 20.8 Å². The maximum Gasteiger partial charge on any atom is 0.413 e. The molecule has 0 bridgehead atoms. The molecule has 1 aromatic rings. The van der Waals surface area contributed by atoms with Gasteiger partial charge in [0.1, 0.15) is 18.0 Å². The van der Waals surface area contributed by atoms with Crippen molar-refractivity contribution in [2.75, 3.05) is 5.32 Å². The lowest BCUT2D eigenvalue weighted by atomic mass is 10.2. The van der Waals surface area contributed by atoms with Crippen molar-refractivity contribution >= 4 is 11.9 Å². The average Bonchev–Trinajstić information content (AvgIpc) is 2.45. The third-order valence-corrected chi connectivity index (χ3v) is 1.67. The van der Waals surface area contributed by atoms with Crippen molar-refractivity contribution < 1.29 is 22.7 Å². The van der Waals surface area contributed by atoms with E-state index in [-0.39, 0.29) is 5.82 Å². The van der Waals surface area contributed by atoms with Crippen LogP contribution in [-0.4, -0.2) is 27.7 Å². The molecular weight excluding hydrogens is 251 g/mol. The van der Waals surface area contributed by atoms with Gasteiger partial charge in [-0.05, 0) is 20.8 Å². The lowest BCUT2D eigenvalue weighted by molar-refractivity contribution is -0.142. The molecule has 1 aromatic heterocycles. The van der Waals surface area contributed by atoms with E-state index >= 15 is 0 Å². The van der Waals surface area contributed by atoms with Crippen molar-refractivity contribution in [3.63, 3.8) is 0 Å². The van der Waals surface area contributed by atoms with Crippen molar-refractivity contribution in [2.45, 2.75) is 39.1 Å². The molecule has 1 heterocycles. The predicted octanol–water partition coefficient (Wildman–Crippen LogP) is 2.79. The standard InChI is InChI=1S/C10H14F3N3O2/c1-9(2,3)18-8(17)15-7-4-5-14-16(7)6-10(11,12)13/h4-5H,6H2,1-3H3,(H,15,17). The summed E-state index contributed by atoms with van der Waals surface area (Å²) in [6, 6.07) is 1.26. The van der Waals surface area contributed by atoms with Gasteiger partial charge in [0.2, 0.25) is 0 Å². The number of halogens is 3. The summed E-state index contributed by atoms with van der Waals surface area (Å²) in [4.78, 5) is 11.4. The van der Waals surface area contributed by atoms with Crippen LogP contribution >= 0.6 is 0 Å². The monoisotopic (exact) mass is 265 g/mol. The molecule has 0 aromatic carbocycles. The number of amides is 1. The Bertz CT molecular complexity index is 421. The number of rotatable bonds is 2. The van der Waals surface area contributed by atoms with Gasteiger partial charge in [-0.25, -0.2) is 9.48 Å². The van der Waals surface area contributed by atoms with E-state index in [0.717, 1.165) is 0 Å². The minimum absolute atomic E-state index is 0.0680. The van der Waals surface area contributed by atoms with Gasteiger partial charge in [0, 0.05) is 6.07 Å². The van der Waals surface area contributed by atoms with Crippen LogP contribution in [0, 0.1) is 0 Å². The van der Waals surface area contributed by atoms with Crippen molar-refractivity contribution in [3.8, 4) is 0 Å². The lowest BCUT2D eigenvalue weighted by Gasteiger charge is -2.20. The molecule has 0 spiro atoms. The third kappa shape index (κ3) is 5.07. The maximum absolute atomic E-state index is 12.2. The second-order valence-electron chi connectivity index (χ2n) is 4.62. The van der Waals surface area contributed by atoms with Gasteiger partial charge < -0.3 is 4.74 Å². The lowest BCUT2D eigenvalue weighted by Crippen LogP contribution is -2.29. The summed E-state index contributed by atoms with van der Waals surface area (Å²) < 4.78 is 42.2. The van der Waals surface area contributed by atoms with Crippen LogP contribution in [0.2, 0.25) is 0 Å². The van der Waals surface area contributed by atoms with Crippen LogP contribution in [0.25, 0.3) is 0 Å². The molecule has 5 nitrogen and oxygen atoms in total. The molecule has 1 rings (SSSR count). The van der Waals surface area contributed by atoms with Gasteiger partial charge in [0.15, 0.2) is 0 Å². The molecule has 0 aliphatic carbocycles. The van der Waals surface area contributed by atoms with E-state index in [1.165, 1.54) is 12.3 Å². The van der Waals surface area contributed by atoms with Gasteiger partial charge >= 0.3 is 12.3 Å². The Hall–Kier alpha value is -1.73. The van der Waals surface area contributed by atoms with Crippen molar-refractivity contribution in [3.05, 3.63) is 12.3 Å². The number of anilines is 1. The largest absolute Gasteiger partial charge is 0.444 e. The molecule has 8 heteroatoms. The highest BCUT2D eigenvalue weighted by molar-refractivity contribution is 5.83. The van der Waals surface area contributed by atoms with Crippen LogP contribution in [-0.2, 0) is 11.3 Å². The van der Waals surface area contributed by atoms with Crippen molar-refractivity contribution in [1.82, 2.24) is 9.78 Å². The van der Waals surface area contributed by atoms with Gasteiger partial charge in [-0.3, -0.25) is 5.32 Å². The molecule has 0 aliphatic heterocycles. The molecule has 18 heavy (non-hydrogen) atoms. The summed E-state index contributed by atoms with van der Waals surface area (Å²) in [5, 5.41) is 5.69. The van der Waals surface area contributed by atoms with Crippen LogP contribution < -0.4 is 5.32 Å². The summed E-state index contributed by atoms with van der Waals surface area (Å²) >= 11 is 0. The Balaban J connectivity index is 2.69. The number of ether oxygens (including phenoxy) is 1. The first-order chi connectivity index (χ1) is 8.07. The Morgan fingerprint density at radius 1 is 1.44 bits per heavy atom. The van der Waals surface area contributed by atoms with Gasteiger partial charge in [-0.2, -0.15) is 18.3 Å². The molecule has 0 saturated carbocycles. The molecule has 0 radical (unpaired) electrons. The fourth-order valence-electron chi connectivity index (χ4n) is 1.14. The Labute approximate surface area is 102 Å². The Morgan fingerprint density at radius 2 is 2.06 bits per heavy atom. The van der Waals surface area contributed by atoms with E-state index in [4.69, 9.17) is 4.74 Å². The van der Waals surface area contributed by atoms with Crippen LogP contribution in [0.1, 0.15) is 20.8 Å². The fraction of sp³-hybridized carbons (Fsp3) is 0.600. The normalized spacial score (nSPS) is 12.3. The van der Waals surface area contributed by atoms with Crippen molar-refractivity contribution in [2.24, 2.45) is 0 Å². The number of carbonyl (C=O) groups excluding carboxylic acids is 1. The predicted molar refractivity (Wildman–Crippen MR) is 58.1 cm³/mol. The fourth-order valence-corrected chi connectivity index (χ4v) is 1.14. The zero-order valence-corrected chi connectivity index (χ0v) is 10.2. The highest BCUT2D eigenvalue weighted by Crippen LogP contribution is 2.20. The molecule has 1 amide bonds. The molecule has 102 valence electrons. The van der Waals surface area contributed by atoms with Gasteiger partial charge in [0.25, 0.3) is 0 Å². The molecule has 0 saturated heterocycles. The third-order valence-electron chi connectivity index (χ3n) is 1.67. The quantitative estimate of drug-likeness (QED) is 0.894. The second-order valence-corrected chi connectivity index (χ2v) is 4.62. The number of alkyl halides is 3. The molecule has 1 N–H and O–H groups in total. The summed E-state index contributed by atoms with van der Waals surface area (Å²) in [6.07, 6.45) is -4.07. The number of aromatic nitrogens is 2. The van der Waals surface area contributed by atoms with E-state index in [1.807, 2.05) is 0 Å². The number of nitrogens with zero attached hydrogens (tertiary/aromatic N) is 2. The molecule has 0 aliphatic rings. The highest BCUT2D eigenvalue weighted by atomic mass is 19.4. The topological polar surface area (TPSA) is 56.1 Å². The average molecular weight is 265 g/mol. The van der Waals surface area contributed by atoms with Crippen LogP contribution in [0.5, 0.6) is 0 Å². The summed E-state index contributed by atoms with van der Waals surface area (Å²) in [6.45, 7) is 3.68. The molecule has 0 atom stereocenters. The van der Waals surface area contributed by atoms with E-state index in [9.17, 15) is 18.0 Å². The Morgan fingerprint density at radius 3 is 2.56 bits per heavy atom. The zero-order chi connectivity index (χ0) is 14.0. The number of nitrogens with one attached hydrogen (secondary N) is 1. The van der Waals surface area contributed by atoms with Gasteiger partial charge in [0.05, 0.1) is 6.20 Å². The molecule has 0 fully saturated rings. The van der Waals surface area contributed by atoms with Crippen LogP contribution in [0.3, 0.4) is 0 Å². The minimum atomic E-state index is -4.41. The summed E-state index contributed by atoms with van der Waals surface area (Å²) in [7, 11) is 0. The number of hydrogen-bond acceptors (Lipinski definition) is 3. The SMILES string of the molecule is CC(C)(C)OC(=O)Nc1ccnn1CC(F)(F)F. The zero-order valence-electron chi connectivity index (χ0n) is 10.2. The van der Waals surface area contributed by atoms with Crippen molar-refractivity contribution in [1.29, 1.82) is 0 Å². The molecular formula is C10H14F3N3O2.